The quantitative estimate of drug-likeness (QED) is 0.726. The molecule has 5 heteroatoms. The van der Waals surface area contributed by atoms with Gasteiger partial charge in [-0.1, -0.05) is 41.9 Å². The Bertz CT molecular complexity index is 798. The van der Waals surface area contributed by atoms with Crippen molar-refractivity contribution in [3.8, 4) is 0 Å². The largest absolute Gasteiger partial charge is 0.338 e. The highest BCUT2D eigenvalue weighted by Gasteiger charge is 2.34. The average Bonchev–Trinajstić information content (AvgIpc) is 2.59. The Morgan fingerprint density at radius 2 is 1.70 bits per heavy atom. The Kier molecular flexibility index (Phi) is 5.35. The summed E-state index contributed by atoms with van der Waals surface area (Å²) in [6.45, 7) is 0.708. The van der Waals surface area contributed by atoms with Crippen molar-refractivity contribution >= 4 is 17.6 Å². The lowest BCUT2D eigenvalue weighted by Crippen LogP contribution is -2.49. The minimum absolute atomic E-state index is 0.109. The molecule has 0 saturated heterocycles. The third-order valence-electron chi connectivity index (χ3n) is 5.95. The molecular formula is C22H24ClFN2O. The standard InChI is InChI=1S/C22H24ClFN2O/c23-18-7-5-15(6-8-18)16-9-14(10-16)13-25-22(27)26-19-11-17(12-19)20-3-1-2-4-21(20)24/h1-8,14,16-17,19H,9-13H2,(H2,25,26,27). The number of carbonyl (C=O) groups is 1. The molecule has 27 heavy (non-hydrogen) atoms. The summed E-state index contributed by atoms with van der Waals surface area (Å²) in [6, 6.07) is 15.0. The van der Waals surface area contributed by atoms with Gasteiger partial charge in [0.15, 0.2) is 0 Å². The SMILES string of the molecule is O=C(NCC1CC(c2ccc(Cl)cc2)C1)NC1CC(c2ccccc2F)C1. The fourth-order valence-electron chi connectivity index (χ4n) is 4.18. The Morgan fingerprint density at radius 3 is 2.41 bits per heavy atom. The second-order valence-electron chi connectivity index (χ2n) is 7.83. The number of amides is 2. The van der Waals surface area contributed by atoms with E-state index in [1.807, 2.05) is 24.3 Å². The van der Waals surface area contributed by atoms with Crippen molar-refractivity contribution < 1.29 is 9.18 Å². The Hall–Kier alpha value is -2.07. The topological polar surface area (TPSA) is 41.1 Å². The van der Waals surface area contributed by atoms with Crippen LogP contribution < -0.4 is 10.6 Å². The number of carbonyl (C=O) groups excluding carboxylic acids is 1. The Morgan fingerprint density at radius 1 is 1.00 bits per heavy atom. The molecule has 2 aliphatic rings. The van der Waals surface area contributed by atoms with Crippen LogP contribution >= 0.6 is 11.6 Å². The third kappa shape index (κ3) is 4.27. The van der Waals surface area contributed by atoms with Crippen molar-refractivity contribution in [3.05, 3.63) is 70.5 Å². The molecule has 0 aromatic heterocycles. The number of hydrogen-bond donors (Lipinski definition) is 2. The lowest BCUT2D eigenvalue weighted by atomic mass is 9.71. The fraction of sp³-hybridized carbons (Fsp3) is 0.409. The molecule has 0 heterocycles. The Balaban J connectivity index is 1.14. The summed E-state index contributed by atoms with van der Waals surface area (Å²) < 4.78 is 13.8. The van der Waals surface area contributed by atoms with Crippen molar-refractivity contribution in [1.29, 1.82) is 0 Å². The molecule has 0 atom stereocenters. The smallest absolute Gasteiger partial charge is 0.315 e. The molecule has 3 nitrogen and oxygen atoms in total. The van der Waals surface area contributed by atoms with E-state index in [1.165, 1.54) is 11.6 Å². The van der Waals surface area contributed by atoms with E-state index in [9.17, 15) is 9.18 Å². The van der Waals surface area contributed by atoms with Gasteiger partial charge in [-0.05, 0) is 72.8 Å². The molecule has 142 valence electrons. The van der Waals surface area contributed by atoms with Crippen molar-refractivity contribution in [2.24, 2.45) is 5.92 Å². The number of nitrogens with one attached hydrogen (secondary N) is 2. The Labute approximate surface area is 164 Å². The first kappa shape index (κ1) is 18.3. The number of benzene rings is 2. The van der Waals surface area contributed by atoms with Crippen molar-refractivity contribution in [1.82, 2.24) is 10.6 Å². The first-order chi connectivity index (χ1) is 13.1. The summed E-state index contributed by atoms with van der Waals surface area (Å²) in [7, 11) is 0. The molecule has 2 aromatic rings. The maximum Gasteiger partial charge on any atom is 0.315 e. The van der Waals surface area contributed by atoms with E-state index in [0.29, 0.717) is 18.4 Å². The lowest BCUT2D eigenvalue weighted by Gasteiger charge is -2.38. The van der Waals surface area contributed by atoms with Crippen LogP contribution in [-0.4, -0.2) is 18.6 Å². The predicted octanol–water partition coefficient (Wildman–Crippen LogP) is 5.22. The van der Waals surface area contributed by atoms with Gasteiger partial charge in [0.1, 0.15) is 5.82 Å². The third-order valence-corrected chi connectivity index (χ3v) is 6.20. The zero-order valence-electron chi connectivity index (χ0n) is 15.1. The van der Waals surface area contributed by atoms with Gasteiger partial charge in [-0.2, -0.15) is 0 Å². The maximum atomic E-state index is 13.8. The molecule has 0 bridgehead atoms. The van der Waals surface area contributed by atoms with Gasteiger partial charge in [0.2, 0.25) is 0 Å². The van der Waals surface area contributed by atoms with Gasteiger partial charge in [0, 0.05) is 17.6 Å². The average molecular weight is 387 g/mol. The van der Waals surface area contributed by atoms with Gasteiger partial charge in [0.25, 0.3) is 0 Å². The van der Waals surface area contributed by atoms with E-state index in [4.69, 9.17) is 11.6 Å². The molecule has 2 aliphatic carbocycles. The van der Waals surface area contributed by atoms with E-state index < -0.39 is 0 Å². The first-order valence-electron chi connectivity index (χ1n) is 9.62. The highest BCUT2D eigenvalue weighted by atomic mass is 35.5. The molecule has 0 radical (unpaired) electrons. The zero-order valence-corrected chi connectivity index (χ0v) is 15.9. The van der Waals surface area contributed by atoms with Gasteiger partial charge in [-0.3, -0.25) is 0 Å². The summed E-state index contributed by atoms with van der Waals surface area (Å²) in [5.74, 6) is 1.17. The van der Waals surface area contributed by atoms with Crippen molar-refractivity contribution in [2.75, 3.05) is 6.54 Å². The number of rotatable bonds is 5. The first-order valence-corrected chi connectivity index (χ1v) is 10.0. The van der Waals surface area contributed by atoms with Crippen LogP contribution in [0.4, 0.5) is 9.18 Å². The van der Waals surface area contributed by atoms with Gasteiger partial charge in [-0.15, -0.1) is 0 Å². The van der Waals surface area contributed by atoms with Crippen molar-refractivity contribution in [3.63, 3.8) is 0 Å². The molecule has 2 N–H and O–H groups in total. The van der Waals surface area contributed by atoms with Crippen LogP contribution in [0.15, 0.2) is 48.5 Å². The van der Waals surface area contributed by atoms with Crippen LogP contribution in [0.1, 0.15) is 48.6 Å². The van der Waals surface area contributed by atoms with E-state index in [0.717, 1.165) is 36.3 Å². The molecule has 2 amide bonds. The lowest BCUT2D eigenvalue weighted by molar-refractivity contribution is 0.210. The highest BCUT2D eigenvalue weighted by molar-refractivity contribution is 6.30. The van der Waals surface area contributed by atoms with E-state index in [1.54, 1.807) is 6.07 Å². The predicted molar refractivity (Wildman–Crippen MR) is 106 cm³/mol. The number of urea groups is 1. The fourth-order valence-corrected chi connectivity index (χ4v) is 4.30. The second kappa shape index (κ2) is 7.89. The number of halogens is 2. The highest BCUT2D eigenvalue weighted by Crippen LogP contribution is 2.41. The van der Waals surface area contributed by atoms with Crippen molar-refractivity contribution in [2.45, 2.75) is 43.6 Å². The molecule has 0 spiro atoms. The van der Waals surface area contributed by atoms with Gasteiger partial charge < -0.3 is 10.6 Å². The zero-order chi connectivity index (χ0) is 18.8. The summed E-state index contributed by atoms with van der Waals surface area (Å²) in [4.78, 5) is 12.1. The van der Waals surface area contributed by atoms with Crippen LogP contribution in [0, 0.1) is 11.7 Å². The van der Waals surface area contributed by atoms with Crippen LogP contribution in [0.2, 0.25) is 5.02 Å². The molecule has 0 aliphatic heterocycles. The van der Waals surface area contributed by atoms with E-state index in [-0.39, 0.29) is 23.8 Å². The van der Waals surface area contributed by atoms with E-state index >= 15 is 0 Å². The van der Waals surface area contributed by atoms with Crippen LogP contribution in [0.25, 0.3) is 0 Å². The summed E-state index contributed by atoms with van der Waals surface area (Å²) in [5, 5.41) is 6.75. The van der Waals surface area contributed by atoms with Crippen LogP contribution in [-0.2, 0) is 0 Å². The van der Waals surface area contributed by atoms with Gasteiger partial charge >= 0.3 is 6.03 Å². The molecule has 4 rings (SSSR count). The monoisotopic (exact) mass is 386 g/mol. The molecule has 2 aromatic carbocycles. The molecule has 2 saturated carbocycles. The molecule has 2 fully saturated rings. The maximum absolute atomic E-state index is 13.8. The van der Waals surface area contributed by atoms with Crippen LogP contribution in [0.3, 0.4) is 0 Å². The normalized spacial score (nSPS) is 26.6. The summed E-state index contributed by atoms with van der Waals surface area (Å²) >= 11 is 5.93. The minimum atomic E-state index is -0.148. The molecule has 0 unspecified atom stereocenters. The van der Waals surface area contributed by atoms with Gasteiger partial charge in [0.05, 0.1) is 0 Å². The van der Waals surface area contributed by atoms with Crippen LogP contribution in [0.5, 0.6) is 0 Å². The minimum Gasteiger partial charge on any atom is -0.338 e. The number of hydrogen-bond acceptors (Lipinski definition) is 1. The van der Waals surface area contributed by atoms with E-state index in [2.05, 4.69) is 22.8 Å². The summed E-state index contributed by atoms with van der Waals surface area (Å²) in [5.41, 5.74) is 2.09. The second-order valence-corrected chi connectivity index (χ2v) is 8.26. The van der Waals surface area contributed by atoms with Gasteiger partial charge in [-0.25, -0.2) is 9.18 Å². The molecular weight excluding hydrogens is 363 g/mol. The summed E-state index contributed by atoms with van der Waals surface area (Å²) in [6.07, 6.45) is 3.80.